The Morgan fingerprint density at radius 3 is 2.67 bits per heavy atom. The summed E-state index contributed by atoms with van der Waals surface area (Å²) in [5.41, 5.74) is 0. The fraction of sp³-hybridized carbons (Fsp3) is 0.706. The van der Waals surface area contributed by atoms with Crippen molar-refractivity contribution in [1.29, 1.82) is 0 Å². The summed E-state index contributed by atoms with van der Waals surface area (Å²) in [7, 11) is 0. The SMILES string of the molecule is O=C(NCCN1CCC(c2cccs2)CC1)C1CCCC1. The molecule has 3 rings (SSSR count). The molecule has 0 atom stereocenters. The highest BCUT2D eigenvalue weighted by Gasteiger charge is 2.23. The van der Waals surface area contributed by atoms with E-state index in [-0.39, 0.29) is 0 Å². The number of rotatable bonds is 5. The Balaban J connectivity index is 1.33. The Morgan fingerprint density at radius 1 is 1.24 bits per heavy atom. The number of carbonyl (C=O) groups excluding carboxylic acids is 1. The number of thiophene rings is 1. The van der Waals surface area contributed by atoms with Crippen molar-refractivity contribution >= 4 is 17.2 Å². The van der Waals surface area contributed by atoms with Crippen LogP contribution in [0.5, 0.6) is 0 Å². The van der Waals surface area contributed by atoms with Gasteiger partial charge in [-0.15, -0.1) is 11.3 Å². The minimum atomic E-state index is 0.293. The molecule has 1 saturated heterocycles. The van der Waals surface area contributed by atoms with Gasteiger partial charge in [-0.25, -0.2) is 0 Å². The smallest absolute Gasteiger partial charge is 0.223 e. The third-order valence-corrected chi connectivity index (χ3v) is 6.02. The minimum Gasteiger partial charge on any atom is -0.355 e. The van der Waals surface area contributed by atoms with Gasteiger partial charge in [-0.3, -0.25) is 4.79 Å². The molecule has 1 N–H and O–H groups in total. The molecule has 1 saturated carbocycles. The van der Waals surface area contributed by atoms with Crippen LogP contribution >= 0.6 is 11.3 Å². The Kier molecular flexibility index (Phi) is 5.31. The number of nitrogens with one attached hydrogen (secondary N) is 1. The standard InChI is InChI=1S/C17H26N2OS/c20-17(15-4-1-2-5-15)18-9-12-19-10-7-14(8-11-19)16-6-3-13-21-16/h3,6,13-15H,1-2,4-5,7-12H2,(H,18,20). The van der Waals surface area contributed by atoms with E-state index in [4.69, 9.17) is 0 Å². The lowest BCUT2D eigenvalue weighted by atomic mass is 9.95. The second kappa shape index (κ2) is 7.41. The molecule has 2 heterocycles. The number of carbonyl (C=O) groups is 1. The normalized spacial score (nSPS) is 21.7. The predicted octanol–water partition coefficient (Wildman–Crippen LogP) is 3.23. The number of likely N-dealkylation sites (tertiary alicyclic amines) is 1. The zero-order valence-corrected chi connectivity index (χ0v) is 13.5. The summed E-state index contributed by atoms with van der Waals surface area (Å²) in [6, 6.07) is 4.43. The lowest BCUT2D eigenvalue weighted by Gasteiger charge is -2.31. The lowest BCUT2D eigenvalue weighted by Crippen LogP contribution is -2.40. The van der Waals surface area contributed by atoms with Crippen LogP contribution in [-0.4, -0.2) is 37.0 Å². The third kappa shape index (κ3) is 4.07. The Hall–Kier alpha value is -0.870. The quantitative estimate of drug-likeness (QED) is 0.906. The van der Waals surface area contributed by atoms with E-state index in [1.165, 1.54) is 38.8 Å². The van der Waals surface area contributed by atoms with Crippen LogP contribution in [0, 0.1) is 5.92 Å². The fourth-order valence-corrected chi connectivity index (χ4v) is 4.53. The monoisotopic (exact) mass is 306 g/mol. The van der Waals surface area contributed by atoms with E-state index in [0.717, 1.165) is 31.8 Å². The van der Waals surface area contributed by atoms with Crippen molar-refractivity contribution in [2.75, 3.05) is 26.2 Å². The molecule has 21 heavy (non-hydrogen) atoms. The second-order valence-corrected chi connectivity index (χ2v) is 7.38. The second-order valence-electron chi connectivity index (χ2n) is 6.40. The van der Waals surface area contributed by atoms with Crippen LogP contribution in [0.2, 0.25) is 0 Å². The first-order valence-corrected chi connectivity index (χ1v) is 9.24. The summed E-state index contributed by atoms with van der Waals surface area (Å²) >= 11 is 1.89. The maximum atomic E-state index is 12.0. The Bertz CT molecular complexity index is 432. The van der Waals surface area contributed by atoms with Crippen molar-refractivity contribution in [2.45, 2.75) is 44.4 Å². The van der Waals surface area contributed by atoms with Gasteiger partial charge in [-0.2, -0.15) is 0 Å². The van der Waals surface area contributed by atoms with E-state index in [9.17, 15) is 4.79 Å². The largest absolute Gasteiger partial charge is 0.355 e. The van der Waals surface area contributed by atoms with Gasteiger partial charge in [0.15, 0.2) is 0 Å². The van der Waals surface area contributed by atoms with E-state index >= 15 is 0 Å². The third-order valence-electron chi connectivity index (χ3n) is 4.99. The van der Waals surface area contributed by atoms with Crippen molar-refractivity contribution < 1.29 is 4.79 Å². The molecule has 2 fully saturated rings. The molecule has 4 heteroatoms. The highest BCUT2D eigenvalue weighted by molar-refractivity contribution is 7.10. The summed E-state index contributed by atoms with van der Waals surface area (Å²) in [6.45, 7) is 4.17. The van der Waals surface area contributed by atoms with Gasteiger partial charge >= 0.3 is 0 Å². The first-order chi connectivity index (χ1) is 10.3. The zero-order valence-electron chi connectivity index (χ0n) is 12.7. The molecule has 0 unspecified atom stereocenters. The van der Waals surface area contributed by atoms with E-state index in [1.807, 2.05) is 11.3 Å². The highest BCUT2D eigenvalue weighted by atomic mass is 32.1. The molecule has 0 bridgehead atoms. The lowest BCUT2D eigenvalue weighted by molar-refractivity contribution is -0.124. The molecule has 1 aromatic heterocycles. The van der Waals surface area contributed by atoms with Crippen LogP contribution in [0.25, 0.3) is 0 Å². The van der Waals surface area contributed by atoms with E-state index < -0.39 is 0 Å². The molecular formula is C17H26N2OS. The molecule has 116 valence electrons. The first-order valence-electron chi connectivity index (χ1n) is 8.36. The molecule has 2 aliphatic rings. The van der Waals surface area contributed by atoms with E-state index in [1.54, 1.807) is 4.88 Å². The molecule has 1 aliphatic carbocycles. The van der Waals surface area contributed by atoms with Crippen molar-refractivity contribution in [3.05, 3.63) is 22.4 Å². The van der Waals surface area contributed by atoms with Gasteiger partial charge in [-0.05, 0) is 56.1 Å². The Morgan fingerprint density at radius 2 is 2.00 bits per heavy atom. The van der Waals surface area contributed by atoms with Crippen LogP contribution in [0.3, 0.4) is 0 Å². The van der Waals surface area contributed by atoms with Gasteiger partial charge in [0, 0.05) is 23.9 Å². The number of hydrogen-bond donors (Lipinski definition) is 1. The topological polar surface area (TPSA) is 32.3 Å². The van der Waals surface area contributed by atoms with Gasteiger partial charge in [0.1, 0.15) is 0 Å². The van der Waals surface area contributed by atoms with Crippen LogP contribution in [0.1, 0.15) is 49.3 Å². The minimum absolute atomic E-state index is 0.293. The molecular weight excluding hydrogens is 280 g/mol. The molecule has 0 aromatic carbocycles. The first kappa shape index (κ1) is 15.0. The molecule has 1 aliphatic heterocycles. The summed E-state index contributed by atoms with van der Waals surface area (Å²) < 4.78 is 0. The Labute approximate surface area is 131 Å². The van der Waals surface area contributed by atoms with Gasteiger partial charge in [0.2, 0.25) is 5.91 Å². The van der Waals surface area contributed by atoms with Crippen LogP contribution < -0.4 is 5.32 Å². The zero-order chi connectivity index (χ0) is 14.5. The number of piperidine rings is 1. The van der Waals surface area contributed by atoms with E-state index in [2.05, 4.69) is 27.7 Å². The molecule has 1 amide bonds. The molecule has 0 radical (unpaired) electrons. The van der Waals surface area contributed by atoms with Crippen LogP contribution in [-0.2, 0) is 4.79 Å². The summed E-state index contributed by atoms with van der Waals surface area (Å²) in [5, 5.41) is 5.31. The van der Waals surface area contributed by atoms with Gasteiger partial charge in [0.25, 0.3) is 0 Å². The maximum Gasteiger partial charge on any atom is 0.223 e. The summed E-state index contributed by atoms with van der Waals surface area (Å²) in [6.07, 6.45) is 7.17. The van der Waals surface area contributed by atoms with Gasteiger partial charge in [0.05, 0.1) is 0 Å². The van der Waals surface area contributed by atoms with Crippen LogP contribution in [0.15, 0.2) is 17.5 Å². The number of hydrogen-bond acceptors (Lipinski definition) is 3. The number of amides is 1. The highest BCUT2D eigenvalue weighted by Crippen LogP contribution is 2.30. The van der Waals surface area contributed by atoms with Crippen molar-refractivity contribution in [1.82, 2.24) is 10.2 Å². The molecule has 3 nitrogen and oxygen atoms in total. The number of nitrogens with zero attached hydrogens (tertiary/aromatic N) is 1. The summed E-state index contributed by atoms with van der Waals surface area (Å²) in [4.78, 5) is 16.0. The molecule has 1 aromatic rings. The van der Waals surface area contributed by atoms with Crippen molar-refractivity contribution in [2.24, 2.45) is 5.92 Å². The average molecular weight is 306 g/mol. The fourth-order valence-electron chi connectivity index (χ4n) is 3.63. The molecule has 0 spiro atoms. The average Bonchev–Trinajstić information content (AvgIpc) is 3.21. The van der Waals surface area contributed by atoms with Crippen molar-refractivity contribution in [3.8, 4) is 0 Å². The van der Waals surface area contributed by atoms with Gasteiger partial charge in [-0.1, -0.05) is 18.9 Å². The van der Waals surface area contributed by atoms with E-state index in [0.29, 0.717) is 11.8 Å². The predicted molar refractivity (Wildman–Crippen MR) is 87.7 cm³/mol. The van der Waals surface area contributed by atoms with Crippen LogP contribution in [0.4, 0.5) is 0 Å². The van der Waals surface area contributed by atoms with Gasteiger partial charge < -0.3 is 10.2 Å². The summed E-state index contributed by atoms with van der Waals surface area (Å²) in [5.74, 6) is 1.35. The van der Waals surface area contributed by atoms with Crippen molar-refractivity contribution in [3.63, 3.8) is 0 Å². The maximum absolute atomic E-state index is 12.0.